The number of ether oxygens (including phenoxy) is 4. The number of hydrogen-bond donors (Lipinski definition) is 1. The molecule has 3 heterocycles. The Hall–Kier alpha value is -4.20. The minimum Gasteiger partial charge on any atom is -0.444 e. The van der Waals surface area contributed by atoms with Gasteiger partial charge >= 0.3 is 6.09 Å². The van der Waals surface area contributed by atoms with E-state index in [1.54, 1.807) is 29.2 Å². The number of nitrogens with zero attached hydrogens (tertiary/aromatic N) is 4. The summed E-state index contributed by atoms with van der Waals surface area (Å²) in [5.41, 5.74) is 5.18. The highest BCUT2D eigenvalue weighted by Crippen LogP contribution is 2.36. The van der Waals surface area contributed by atoms with Crippen LogP contribution in [0.2, 0.25) is 0 Å². The largest absolute Gasteiger partial charge is 0.444 e. The monoisotopic (exact) mass is 557 g/mol. The lowest BCUT2D eigenvalue weighted by Gasteiger charge is -2.26. The van der Waals surface area contributed by atoms with Gasteiger partial charge in [-0.3, -0.25) is 0 Å². The molecule has 0 atom stereocenters. The van der Waals surface area contributed by atoms with Gasteiger partial charge in [-0.25, -0.2) is 9.78 Å². The number of nitrogens with one attached hydrogen (secondary N) is 1. The van der Waals surface area contributed by atoms with Crippen LogP contribution in [0.25, 0.3) is 0 Å². The molecule has 2 aliphatic heterocycles. The number of benzene rings is 2. The van der Waals surface area contributed by atoms with Crippen molar-refractivity contribution in [2.75, 3.05) is 31.6 Å². The van der Waals surface area contributed by atoms with Gasteiger partial charge in [0, 0.05) is 36.3 Å². The first kappa shape index (κ1) is 28.3. The summed E-state index contributed by atoms with van der Waals surface area (Å²) in [6, 6.07) is 13.2. The maximum absolute atomic E-state index is 12.9. The number of rotatable bonds is 5. The van der Waals surface area contributed by atoms with Gasteiger partial charge in [-0.1, -0.05) is 0 Å². The fraction of sp³-hybridized carbons (Fsp3) is 0.419. The summed E-state index contributed by atoms with van der Waals surface area (Å²) in [4.78, 5) is 24.2. The van der Waals surface area contributed by atoms with Crippen LogP contribution in [0.5, 0.6) is 11.6 Å². The first-order valence-corrected chi connectivity index (χ1v) is 13.8. The molecule has 3 aromatic rings. The van der Waals surface area contributed by atoms with Crippen LogP contribution in [0.15, 0.2) is 36.4 Å². The first-order valence-electron chi connectivity index (χ1n) is 13.8. The topological polar surface area (TPSA) is 119 Å². The van der Waals surface area contributed by atoms with E-state index in [-0.39, 0.29) is 12.4 Å². The number of hydrogen-bond acceptors (Lipinski definition) is 9. The van der Waals surface area contributed by atoms with E-state index >= 15 is 0 Å². The van der Waals surface area contributed by atoms with Crippen LogP contribution in [0.1, 0.15) is 60.6 Å². The van der Waals surface area contributed by atoms with E-state index in [2.05, 4.69) is 11.4 Å². The van der Waals surface area contributed by atoms with Gasteiger partial charge in [0.05, 0.1) is 30.5 Å². The second kappa shape index (κ2) is 11.7. The molecular formula is C31H35N5O5. The molecule has 1 aromatic heterocycles. The Labute approximate surface area is 240 Å². The maximum atomic E-state index is 12.9. The SMILES string of the molecule is Cc1cc(C2OCCO2)cc(C)c1Oc1nc(Nc2ccc(C#N)cc2)nc2c1CCN(C(=O)OC(C)(C)C)CC2. The predicted molar refractivity (Wildman–Crippen MR) is 152 cm³/mol. The van der Waals surface area contributed by atoms with Crippen molar-refractivity contribution in [3.63, 3.8) is 0 Å². The van der Waals surface area contributed by atoms with Gasteiger partial charge in [-0.15, -0.1) is 0 Å². The van der Waals surface area contributed by atoms with Gasteiger partial charge in [0.2, 0.25) is 11.8 Å². The van der Waals surface area contributed by atoms with Crippen molar-refractivity contribution in [1.82, 2.24) is 14.9 Å². The van der Waals surface area contributed by atoms with Crippen molar-refractivity contribution in [2.24, 2.45) is 0 Å². The third kappa shape index (κ3) is 6.76. The predicted octanol–water partition coefficient (Wildman–Crippen LogP) is 5.88. The average molecular weight is 558 g/mol. The second-order valence-corrected chi connectivity index (χ2v) is 11.2. The van der Waals surface area contributed by atoms with E-state index in [0.29, 0.717) is 62.3 Å². The van der Waals surface area contributed by atoms with Gasteiger partial charge in [0.15, 0.2) is 6.29 Å². The molecule has 41 heavy (non-hydrogen) atoms. The summed E-state index contributed by atoms with van der Waals surface area (Å²) in [5.74, 6) is 1.50. The summed E-state index contributed by atoms with van der Waals surface area (Å²) in [7, 11) is 0. The van der Waals surface area contributed by atoms with Crippen LogP contribution in [0, 0.1) is 25.2 Å². The van der Waals surface area contributed by atoms with Gasteiger partial charge in [0.25, 0.3) is 0 Å². The summed E-state index contributed by atoms with van der Waals surface area (Å²) in [6.45, 7) is 11.6. The zero-order valence-electron chi connectivity index (χ0n) is 24.1. The van der Waals surface area contributed by atoms with E-state index in [1.807, 2.05) is 46.8 Å². The minimum atomic E-state index is -0.585. The van der Waals surface area contributed by atoms with Crippen LogP contribution >= 0.6 is 0 Å². The van der Waals surface area contributed by atoms with Crippen LogP contribution in [-0.2, 0) is 27.1 Å². The lowest BCUT2D eigenvalue weighted by atomic mass is 10.0. The summed E-state index contributed by atoms with van der Waals surface area (Å²) in [6.07, 6.45) is 0.304. The number of anilines is 2. The summed E-state index contributed by atoms with van der Waals surface area (Å²) < 4.78 is 23.6. The Bertz CT molecular complexity index is 1450. The standard InChI is InChI=1S/C31H35N5O5/c1-19-16-22(28-38-14-15-39-28)17-20(2)26(19)40-27-24-10-12-36(30(37)41-31(3,4)5)13-11-25(24)34-29(35-27)33-23-8-6-21(18-32)7-9-23/h6-9,16-17,28H,10-15H2,1-5H3,(H,33,34,35). The molecule has 1 fully saturated rings. The summed E-state index contributed by atoms with van der Waals surface area (Å²) in [5, 5.41) is 12.4. The Morgan fingerprint density at radius 1 is 1.05 bits per heavy atom. The van der Waals surface area contributed by atoms with E-state index in [1.165, 1.54) is 0 Å². The molecule has 1 N–H and O–H groups in total. The number of aromatic nitrogens is 2. The molecule has 10 heteroatoms. The van der Waals surface area contributed by atoms with Gasteiger partial charge in [-0.05, 0) is 88.6 Å². The van der Waals surface area contributed by atoms with E-state index in [0.717, 1.165) is 33.6 Å². The molecule has 0 bridgehead atoms. The third-order valence-electron chi connectivity index (χ3n) is 6.80. The molecule has 0 unspecified atom stereocenters. The molecule has 1 amide bonds. The number of carbonyl (C=O) groups excluding carboxylic acids is 1. The van der Waals surface area contributed by atoms with E-state index < -0.39 is 5.60 Å². The highest BCUT2D eigenvalue weighted by Gasteiger charge is 2.28. The Kier molecular flexibility index (Phi) is 8.10. The second-order valence-electron chi connectivity index (χ2n) is 11.2. The zero-order chi connectivity index (χ0) is 29.1. The molecule has 0 saturated carbocycles. The molecule has 1 saturated heterocycles. The van der Waals surface area contributed by atoms with Gasteiger partial charge in [-0.2, -0.15) is 10.2 Å². The fourth-order valence-corrected chi connectivity index (χ4v) is 4.90. The number of aryl methyl sites for hydroxylation is 2. The molecule has 0 aliphatic carbocycles. The molecular weight excluding hydrogens is 522 g/mol. The molecule has 10 nitrogen and oxygen atoms in total. The molecule has 214 valence electrons. The normalized spacial score (nSPS) is 15.6. The van der Waals surface area contributed by atoms with Gasteiger partial charge < -0.3 is 29.2 Å². The lowest BCUT2D eigenvalue weighted by molar-refractivity contribution is -0.0442. The highest BCUT2D eigenvalue weighted by molar-refractivity contribution is 5.68. The molecule has 5 rings (SSSR count). The van der Waals surface area contributed by atoms with Crippen molar-refractivity contribution in [1.29, 1.82) is 5.26 Å². The van der Waals surface area contributed by atoms with E-state index in [9.17, 15) is 4.79 Å². The van der Waals surface area contributed by atoms with Crippen molar-refractivity contribution < 1.29 is 23.7 Å². The lowest BCUT2D eigenvalue weighted by Crippen LogP contribution is -2.38. The zero-order valence-corrected chi connectivity index (χ0v) is 24.1. The van der Waals surface area contributed by atoms with Crippen molar-refractivity contribution in [3.8, 4) is 17.7 Å². The third-order valence-corrected chi connectivity index (χ3v) is 6.80. The van der Waals surface area contributed by atoms with Crippen LogP contribution < -0.4 is 10.1 Å². The van der Waals surface area contributed by atoms with Crippen molar-refractivity contribution in [2.45, 2.75) is 59.4 Å². The first-order chi connectivity index (χ1) is 19.6. The smallest absolute Gasteiger partial charge is 0.410 e. The Morgan fingerprint density at radius 2 is 1.71 bits per heavy atom. The molecule has 0 spiro atoms. The fourth-order valence-electron chi connectivity index (χ4n) is 4.90. The minimum absolute atomic E-state index is 0.352. The van der Waals surface area contributed by atoms with Crippen molar-refractivity contribution >= 4 is 17.7 Å². The Balaban J connectivity index is 1.47. The van der Waals surface area contributed by atoms with Crippen LogP contribution in [-0.4, -0.2) is 52.9 Å². The van der Waals surface area contributed by atoms with Crippen LogP contribution in [0.4, 0.5) is 16.4 Å². The van der Waals surface area contributed by atoms with Crippen molar-refractivity contribution in [3.05, 3.63) is 69.9 Å². The number of nitriles is 1. The number of fused-ring (bicyclic) bond motifs is 1. The summed E-state index contributed by atoms with van der Waals surface area (Å²) >= 11 is 0. The molecule has 2 aromatic carbocycles. The Morgan fingerprint density at radius 3 is 2.34 bits per heavy atom. The maximum Gasteiger partial charge on any atom is 0.410 e. The molecule has 2 aliphatic rings. The number of carbonyl (C=O) groups is 1. The van der Waals surface area contributed by atoms with E-state index in [4.69, 9.17) is 34.2 Å². The average Bonchev–Trinajstić information content (AvgIpc) is 3.37. The van der Waals surface area contributed by atoms with Gasteiger partial charge in [0.1, 0.15) is 11.4 Å². The number of amides is 1. The quantitative estimate of drug-likeness (QED) is 0.410. The highest BCUT2D eigenvalue weighted by atomic mass is 16.7. The molecule has 0 radical (unpaired) electrons. The van der Waals surface area contributed by atoms with Crippen LogP contribution in [0.3, 0.4) is 0 Å².